The van der Waals surface area contributed by atoms with Gasteiger partial charge in [-0.15, -0.1) is 0 Å². The number of hydrogen-bond donors (Lipinski definition) is 0. The summed E-state index contributed by atoms with van der Waals surface area (Å²) in [6, 6.07) is 0. The number of piperazine rings is 1. The minimum Gasteiger partial charge on any atom is -0.444 e. The molecular formula is C15H26N2O4. The lowest BCUT2D eigenvalue weighted by Gasteiger charge is -2.37. The Kier molecular flexibility index (Phi) is 5.08. The molecule has 2 aliphatic rings. The monoisotopic (exact) mass is 298 g/mol. The summed E-state index contributed by atoms with van der Waals surface area (Å²) in [6.45, 7) is 9.10. The van der Waals surface area contributed by atoms with Crippen LogP contribution in [0, 0.1) is 5.92 Å². The molecule has 2 amide bonds. The molecule has 0 spiro atoms. The van der Waals surface area contributed by atoms with E-state index >= 15 is 0 Å². The Bertz CT molecular complexity index is 386. The summed E-state index contributed by atoms with van der Waals surface area (Å²) in [4.78, 5) is 27.5. The lowest BCUT2D eigenvalue weighted by atomic mass is 9.99. The van der Waals surface area contributed by atoms with Crippen molar-refractivity contribution >= 4 is 12.0 Å². The average molecular weight is 298 g/mol. The molecular weight excluding hydrogens is 272 g/mol. The van der Waals surface area contributed by atoms with Crippen LogP contribution in [0.5, 0.6) is 0 Å². The van der Waals surface area contributed by atoms with Crippen molar-refractivity contribution in [2.24, 2.45) is 5.92 Å². The van der Waals surface area contributed by atoms with Crippen LogP contribution in [0.1, 0.15) is 33.6 Å². The van der Waals surface area contributed by atoms with E-state index in [2.05, 4.69) is 0 Å². The van der Waals surface area contributed by atoms with Gasteiger partial charge in [-0.2, -0.15) is 0 Å². The third-order valence-corrected chi connectivity index (χ3v) is 3.79. The first-order valence-corrected chi connectivity index (χ1v) is 7.68. The summed E-state index contributed by atoms with van der Waals surface area (Å²) in [5, 5.41) is 0. The van der Waals surface area contributed by atoms with Crippen LogP contribution in [-0.2, 0) is 14.3 Å². The number of ether oxygens (including phenoxy) is 2. The SMILES string of the molecule is CC(C)(C)OC(=O)N1CCN(CC2CCOCC2)C(=O)C1. The van der Waals surface area contributed by atoms with E-state index in [4.69, 9.17) is 9.47 Å². The molecule has 120 valence electrons. The predicted molar refractivity (Wildman–Crippen MR) is 77.9 cm³/mol. The van der Waals surface area contributed by atoms with Gasteiger partial charge in [0, 0.05) is 32.8 Å². The number of carbonyl (C=O) groups is 2. The number of nitrogens with zero attached hydrogens (tertiary/aromatic N) is 2. The predicted octanol–water partition coefficient (Wildman–Crippen LogP) is 1.49. The number of rotatable bonds is 2. The van der Waals surface area contributed by atoms with E-state index in [0.717, 1.165) is 32.6 Å². The molecule has 0 aromatic carbocycles. The van der Waals surface area contributed by atoms with Crippen LogP contribution in [0.3, 0.4) is 0 Å². The smallest absolute Gasteiger partial charge is 0.410 e. The molecule has 21 heavy (non-hydrogen) atoms. The van der Waals surface area contributed by atoms with Crippen LogP contribution in [0.2, 0.25) is 0 Å². The van der Waals surface area contributed by atoms with E-state index in [-0.39, 0.29) is 12.5 Å². The molecule has 0 bridgehead atoms. The number of carbonyl (C=O) groups excluding carboxylic acids is 2. The van der Waals surface area contributed by atoms with Crippen LogP contribution < -0.4 is 0 Å². The van der Waals surface area contributed by atoms with Crippen LogP contribution in [0.15, 0.2) is 0 Å². The zero-order valence-electron chi connectivity index (χ0n) is 13.3. The van der Waals surface area contributed by atoms with Crippen LogP contribution >= 0.6 is 0 Å². The Hall–Kier alpha value is -1.30. The molecule has 0 saturated carbocycles. The first kappa shape index (κ1) is 16.1. The normalized spacial score (nSPS) is 21.6. The molecule has 6 heteroatoms. The van der Waals surface area contributed by atoms with Crippen LogP contribution in [-0.4, -0.2) is 66.8 Å². The topological polar surface area (TPSA) is 59.1 Å². The molecule has 2 rings (SSSR count). The van der Waals surface area contributed by atoms with Gasteiger partial charge in [-0.25, -0.2) is 4.79 Å². The van der Waals surface area contributed by atoms with Gasteiger partial charge in [0.05, 0.1) is 0 Å². The van der Waals surface area contributed by atoms with Gasteiger partial charge in [-0.05, 0) is 39.5 Å². The molecule has 0 aromatic heterocycles. The van der Waals surface area contributed by atoms with Gasteiger partial charge in [-0.3, -0.25) is 9.69 Å². The van der Waals surface area contributed by atoms with E-state index in [0.29, 0.717) is 19.0 Å². The summed E-state index contributed by atoms with van der Waals surface area (Å²) in [5.74, 6) is 0.536. The molecule has 0 atom stereocenters. The summed E-state index contributed by atoms with van der Waals surface area (Å²) < 4.78 is 10.6. The first-order valence-electron chi connectivity index (χ1n) is 7.68. The van der Waals surface area contributed by atoms with E-state index in [9.17, 15) is 9.59 Å². The van der Waals surface area contributed by atoms with Crippen molar-refractivity contribution in [3.63, 3.8) is 0 Å². The molecule has 2 aliphatic heterocycles. The van der Waals surface area contributed by atoms with Crippen molar-refractivity contribution in [1.82, 2.24) is 9.80 Å². The van der Waals surface area contributed by atoms with Crippen molar-refractivity contribution in [3.8, 4) is 0 Å². The summed E-state index contributed by atoms with van der Waals surface area (Å²) >= 11 is 0. The number of amides is 2. The highest BCUT2D eigenvalue weighted by molar-refractivity contribution is 5.83. The minimum atomic E-state index is -0.528. The maximum atomic E-state index is 12.2. The minimum absolute atomic E-state index is 0.0126. The zero-order chi connectivity index (χ0) is 15.5. The fraction of sp³-hybridized carbons (Fsp3) is 0.867. The highest BCUT2D eigenvalue weighted by Crippen LogP contribution is 2.18. The van der Waals surface area contributed by atoms with Gasteiger partial charge in [0.1, 0.15) is 12.1 Å². The van der Waals surface area contributed by atoms with Gasteiger partial charge >= 0.3 is 6.09 Å². The fourth-order valence-electron chi connectivity index (χ4n) is 2.62. The van der Waals surface area contributed by atoms with Crippen molar-refractivity contribution in [3.05, 3.63) is 0 Å². The number of hydrogen-bond acceptors (Lipinski definition) is 4. The molecule has 0 aromatic rings. The molecule has 0 unspecified atom stereocenters. The Morgan fingerprint density at radius 1 is 1.29 bits per heavy atom. The van der Waals surface area contributed by atoms with E-state index in [1.807, 2.05) is 25.7 Å². The van der Waals surface area contributed by atoms with Crippen LogP contribution in [0.4, 0.5) is 4.79 Å². The van der Waals surface area contributed by atoms with Gasteiger partial charge in [0.15, 0.2) is 0 Å². The standard InChI is InChI=1S/C15H26N2O4/c1-15(2,3)21-14(19)17-7-6-16(13(18)11-17)10-12-4-8-20-9-5-12/h12H,4-11H2,1-3H3. The highest BCUT2D eigenvalue weighted by atomic mass is 16.6. The van der Waals surface area contributed by atoms with E-state index in [1.54, 1.807) is 0 Å². The molecule has 0 radical (unpaired) electrons. The summed E-state index contributed by atoms with van der Waals surface area (Å²) in [7, 11) is 0. The van der Waals surface area contributed by atoms with Crippen molar-refractivity contribution in [2.75, 3.05) is 39.4 Å². The van der Waals surface area contributed by atoms with Crippen molar-refractivity contribution in [1.29, 1.82) is 0 Å². The molecule has 2 saturated heterocycles. The van der Waals surface area contributed by atoms with Crippen molar-refractivity contribution < 1.29 is 19.1 Å². The Balaban J connectivity index is 1.81. The van der Waals surface area contributed by atoms with Crippen LogP contribution in [0.25, 0.3) is 0 Å². The third kappa shape index (κ3) is 4.88. The lowest BCUT2D eigenvalue weighted by molar-refractivity contribution is -0.137. The van der Waals surface area contributed by atoms with Gasteiger partial charge in [-0.1, -0.05) is 0 Å². The largest absolute Gasteiger partial charge is 0.444 e. The maximum Gasteiger partial charge on any atom is 0.410 e. The zero-order valence-corrected chi connectivity index (χ0v) is 13.3. The first-order chi connectivity index (χ1) is 9.85. The highest BCUT2D eigenvalue weighted by Gasteiger charge is 2.31. The summed E-state index contributed by atoms with van der Waals surface area (Å²) in [6.07, 6.45) is 1.63. The van der Waals surface area contributed by atoms with Gasteiger partial charge < -0.3 is 14.4 Å². The molecule has 6 nitrogen and oxygen atoms in total. The second-order valence-corrected chi connectivity index (χ2v) is 6.80. The molecule has 0 aliphatic carbocycles. The van der Waals surface area contributed by atoms with Gasteiger partial charge in [0.25, 0.3) is 0 Å². The average Bonchev–Trinajstić information content (AvgIpc) is 2.40. The Labute approximate surface area is 126 Å². The Morgan fingerprint density at radius 3 is 2.52 bits per heavy atom. The van der Waals surface area contributed by atoms with Crippen molar-refractivity contribution in [2.45, 2.75) is 39.2 Å². The molecule has 2 heterocycles. The second-order valence-electron chi connectivity index (χ2n) is 6.80. The Morgan fingerprint density at radius 2 is 1.95 bits per heavy atom. The van der Waals surface area contributed by atoms with E-state index < -0.39 is 11.7 Å². The maximum absolute atomic E-state index is 12.2. The fourth-order valence-corrected chi connectivity index (χ4v) is 2.62. The summed E-state index contributed by atoms with van der Waals surface area (Å²) in [5.41, 5.74) is -0.528. The molecule has 2 fully saturated rings. The van der Waals surface area contributed by atoms with Gasteiger partial charge in [0.2, 0.25) is 5.91 Å². The second kappa shape index (κ2) is 6.64. The molecule has 0 N–H and O–H groups in total. The quantitative estimate of drug-likeness (QED) is 0.775. The third-order valence-electron chi connectivity index (χ3n) is 3.79. The van der Waals surface area contributed by atoms with E-state index in [1.165, 1.54) is 4.90 Å². The lowest BCUT2D eigenvalue weighted by Crippen LogP contribution is -2.54.